The first-order valence-electron chi connectivity index (χ1n) is 4.20. The third kappa shape index (κ3) is 2.70. The van der Waals surface area contributed by atoms with Gasteiger partial charge in [-0.25, -0.2) is 4.21 Å². The van der Waals surface area contributed by atoms with Crippen LogP contribution in [0.15, 0.2) is 30.3 Å². The lowest BCUT2D eigenvalue weighted by Crippen LogP contribution is -2.31. The summed E-state index contributed by atoms with van der Waals surface area (Å²) in [5, 5.41) is 0. The van der Waals surface area contributed by atoms with Crippen molar-refractivity contribution in [3.8, 4) is 5.75 Å². The number of para-hydroxylation sites is 1. The molecular weight excluding hydrogens is 261 g/mol. The van der Waals surface area contributed by atoms with Gasteiger partial charge in [-0.05, 0) is 24.6 Å². The molecule has 1 atom stereocenters. The van der Waals surface area contributed by atoms with Gasteiger partial charge in [0.15, 0.2) is 0 Å². The van der Waals surface area contributed by atoms with Gasteiger partial charge in [-0.3, -0.25) is 0 Å². The van der Waals surface area contributed by atoms with Crippen molar-refractivity contribution < 1.29 is 21.6 Å². The average Bonchev–Trinajstić information content (AvgIpc) is 2.17. The van der Waals surface area contributed by atoms with Crippen LogP contribution in [-0.4, -0.2) is 22.2 Å². The maximum atomic E-state index is 12.6. The number of halogens is 3. The standard InChI is InChI=1S/C9H11F3O2S2/c1-15(2)16(13,9(10,11)12)14-8-6-4-3-5-7-8/h3-7H,1-2H3. The van der Waals surface area contributed by atoms with E-state index in [9.17, 15) is 17.4 Å². The minimum Gasteiger partial charge on any atom is -0.398 e. The molecular formula is C9H11F3O2S2. The van der Waals surface area contributed by atoms with Gasteiger partial charge in [0.05, 0.1) is 0 Å². The zero-order valence-corrected chi connectivity index (χ0v) is 10.3. The lowest BCUT2D eigenvalue weighted by Gasteiger charge is -2.17. The molecule has 0 saturated heterocycles. The summed E-state index contributed by atoms with van der Waals surface area (Å²) < 4.78 is 54.3. The summed E-state index contributed by atoms with van der Waals surface area (Å²) in [5.41, 5.74) is -4.85. The van der Waals surface area contributed by atoms with E-state index in [-0.39, 0.29) is 5.75 Å². The molecule has 1 aromatic rings. The van der Waals surface area contributed by atoms with Crippen molar-refractivity contribution in [2.45, 2.75) is 5.51 Å². The second-order valence-corrected chi connectivity index (χ2v) is 9.38. The molecule has 0 aliphatic rings. The summed E-state index contributed by atoms with van der Waals surface area (Å²) >= 11 is 0. The Labute approximate surface area is 94.2 Å². The number of alkyl halides is 3. The Morgan fingerprint density at radius 1 is 1.19 bits per heavy atom. The molecule has 0 bridgehead atoms. The third-order valence-corrected chi connectivity index (χ3v) is 6.93. The fourth-order valence-electron chi connectivity index (χ4n) is 0.907. The lowest BCUT2D eigenvalue weighted by atomic mass is 10.3. The molecule has 1 rings (SSSR count). The Balaban J connectivity index is 3.21. The van der Waals surface area contributed by atoms with Crippen LogP contribution in [0.2, 0.25) is 0 Å². The normalized spacial score (nSPS) is 15.9. The molecule has 92 valence electrons. The number of hydrogen-bond acceptors (Lipinski definition) is 2. The second-order valence-electron chi connectivity index (χ2n) is 3.04. The minimum absolute atomic E-state index is 0.0361. The Morgan fingerprint density at radius 2 is 1.69 bits per heavy atom. The molecule has 0 aliphatic carbocycles. The van der Waals surface area contributed by atoms with E-state index in [4.69, 9.17) is 0 Å². The Bertz CT molecular complexity index is 469. The fourth-order valence-corrected chi connectivity index (χ4v) is 3.66. The molecule has 0 saturated carbocycles. The molecule has 0 spiro atoms. The van der Waals surface area contributed by atoms with Gasteiger partial charge >= 0.3 is 5.51 Å². The zero-order valence-electron chi connectivity index (χ0n) is 8.65. The molecule has 0 radical (unpaired) electrons. The van der Waals surface area contributed by atoms with Crippen LogP contribution < -0.4 is 4.18 Å². The summed E-state index contributed by atoms with van der Waals surface area (Å²) in [7, 11) is -5.76. The first kappa shape index (κ1) is 13.4. The monoisotopic (exact) mass is 272 g/mol. The second kappa shape index (κ2) is 4.67. The van der Waals surface area contributed by atoms with Crippen molar-refractivity contribution in [2.75, 3.05) is 12.5 Å². The highest BCUT2D eigenvalue weighted by Gasteiger charge is 2.45. The highest BCUT2D eigenvalue weighted by molar-refractivity contribution is 8.45. The van der Waals surface area contributed by atoms with E-state index in [1.54, 1.807) is 6.07 Å². The number of rotatable bonds is 2. The van der Waals surface area contributed by atoms with Gasteiger partial charge in [-0.2, -0.15) is 13.2 Å². The van der Waals surface area contributed by atoms with E-state index in [0.717, 1.165) is 0 Å². The van der Waals surface area contributed by atoms with Crippen LogP contribution >= 0.6 is 0 Å². The Hall–Kier alpha value is -0.690. The average molecular weight is 272 g/mol. The zero-order chi connectivity index (χ0) is 12.4. The van der Waals surface area contributed by atoms with E-state index >= 15 is 0 Å². The van der Waals surface area contributed by atoms with Crippen molar-refractivity contribution in [1.82, 2.24) is 0 Å². The summed E-state index contributed by atoms with van der Waals surface area (Å²) in [6.07, 6.45) is 2.50. The van der Waals surface area contributed by atoms with Crippen LogP contribution in [0.25, 0.3) is 0 Å². The van der Waals surface area contributed by atoms with Crippen LogP contribution in [0.4, 0.5) is 13.2 Å². The van der Waals surface area contributed by atoms with Crippen LogP contribution in [0.5, 0.6) is 5.75 Å². The van der Waals surface area contributed by atoms with Gasteiger partial charge in [0.25, 0.3) is 0 Å². The predicted molar refractivity (Wildman–Crippen MR) is 60.5 cm³/mol. The maximum Gasteiger partial charge on any atom is 0.502 e. The Morgan fingerprint density at radius 3 is 2.06 bits per heavy atom. The fraction of sp³-hybridized carbons (Fsp3) is 0.333. The quantitative estimate of drug-likeness (QED) is 0.827. The number of hydrogen-bond donors (Lipinski definition) is 0. The van der Waals surface area contributed by atoms with Gasteiger partial charge in [-0.1, -0.05) is 27.7 Å². The van der Waals surface area contributed by atoms with E-state index in [1.807, 2.05) is 0 Å². The SMILES string of the molecule is CS(C)=S(=O)(Oc1ccccc1)C(F)(F)F. The van der Waals surface area contributed by atoms with E-state index in [2.05, 4.69) is 4.18 Å². The molecule has 0 aliphatic heterocycles. The lowest BCUT2D eigenvalue weighted by molar-refractivity contribution is -0.0444. The van der Waals surface area contributed by atoms with E-state index < -0.39 is 23.7 Å². The van der Waals surface area contributed by atoms with Crippen molar-refractivity contribution in [3.05, 3.63) is 30.3 Å². The molecule has 0 aromatic heterocycles. The first-order chi connectivity index (χ1) is 7.27. The highest BCUT2D eigenvalue weighted by Crippen LogP contribution is 2.29. The van der Waals surface area contributed by atoms with Crippen molar-refractivity contribution in [1.29, 1.82) is 0 Å². The van der Waals surface area contributed by atoms with Crippen molar-refractivity contribution >= 4 is 18.2 Å². The molecule has 1 unspecified atom stereocenters. The molecule has 0 heterocycles. The smallest absolute Gasteiger partial charge is 0.398 e. The van der Waals surface area contributed by atoms with E-state index in [0.29, 0.717) is 0 Å². The molecule has 0 fully saturated rings. The number of benzene rings is 1. The molecule has 0 N–H and O–H groups in total. The summed E-state index contributed by atoms with van der Waals surface area (Å²) in [4.78, 5) is 0. The highest BCUT2D eigenvalue weighted by atomic mass is 32.9. The molecule has 1 aromatic carbocycles. The van der Waals surface area contributed by atoms with Gasteiger partial charge in [0.2, 0.25) is 8.77 Å². The van der Waals surface area contributed by atoms with Crippen LogP contribution in [0.3, 0.4) is 0 Å². The largest absolute Gasteiger partial charge is 0.502 e. The van der Waals surface area contributed by atoms with Gasteiger partial charge in [-0.15, -0.1) is 0 Å². The van der Waals surface area contributed by atoms with Crippen LogP contribution in [0.1, 0.15) is 0 Å². The van der Waals surface area contributed by atoms with Crippen LogP contribution in [0, 0.1) is 0 Å². The van der Waals surface area contributed by atoms with Gasteiger partial charge < -0.3 is 4.18 Å². The summed E-state index contributed by atoms with van der Waals surface area (Å²) in [5.74, 6) is -0.0361. The molecule has 16 heavy (non-hydrogen) atoms. The first-order valence-corrected chi connectivity index (χ1v) is 8.24. The van der Waals surface area contributed by atoms with Crippen molar-refractivity contribution in [2.24, 2.45) is 0 Å². The predicted octanol–water partition coefficient (Wildman–Crippen LogP) is 2.58. The van der Waals surface area contributed by atoms with Gasteiger partial charge in [0, 0.05) is 0 Å². The summed E-state index contributed by atoms with van der Waals surface area (Å²) in [6.45, 7) is 0. The van der Waals surface area contributed by atoms with Gasteiger partial charge in [0.1, 0.15) is 5.75 Å². The maximum absolute atomic E-state index is 12.6. The molecule has 2 nitrogen and oxygen atoms in total. The minimum atomic E-state index is -4.85. The van der Waals surface area contributed by atoms with E-state index in [1.165, 1.54) is 36.8 Å². The van der Waals surface area contributed by atoms with Crippen LogP contribution in [-0.2, 0) is 18.2 Å². The summed E-state index contributed by atoms with van der Waals surface area (Å²) in [6, 6.07) is 7.38. The van der Waals surface area contributed by atoms with Crippen molar-refractivity contribution in [3.63, 3.8) is 0 Å². The molecule has 7 heteroatoms. The third-order valence-electron chi connectivity index (χ3n) is 1.67. The molecule has 0 amide bonds. The topological polar surface area (TPSA) is 26.3 Å². The Kier molecular flexibility index (Phi) is 3.90.